The highest BCUT2D eigenvalue weighted by Crippen LogP contribution is 2.21. The SMILES string of the molecule is Cc1nn(C)cc1Nc1nc(F)c(F)cc1F. The number of rotatable bonds is 2. The summed E-state index contributed by atoms with van der Waals surface area (Å²) in [4.78, 5) is 3.15. The molecule has 0 aliphatic carbocycles. The van der Waals surface area contributed by atoms with Crippen LogP contribution in [0.15, 0.2) is 12.3 Å². The lowest BCUT2D eigenvalue weighted by molar-refractivity contribution is 0.467. The van der Waals surface area contributed by atoms with Crippen LogP contribution in [0.25, 0.3) is 0 Å². The van der Waals surface area contributed by atoms with E-state index in [0.717, 1.165) is 0 Å². The van der Waals surface area contributed by atoms with Gasteiger partial charge in [0.05, 0.1) is 11.4 Å². The van der Waals surface area contributed by atoms with Gasteiger partial charge in [0.1, 0.15) is 0 Å². The van der Waals surface area contributed by atoms with Gasteiger partial charge in [-0.05, 0) is 6.92 Å². The van der Waals surface area contributed by atoms with E-state index in [2.05, 4.69) is 15.4 Å². The van der Waals surface area contributed by atoms with Gasteiger partial charge in [0, 0.05) is 19.3 Å². The number of nitrogens with zero attached hydrogens (tertiary/aromatic N) is 3. The predicted octanol–water partition coefficient (Wildman–Crippen LogP) is 2.28. The van der Waals surface area contributed by atoms with Gasteiger partial charge in [0.15, 0.2) is 17.5 Å². The Labute approximate surface area is 95.1 Å². The number of hydrogen-bond acceptors (Lipinski definition) is 3. The lowest BCUT2D eigenvalue weighted by atomic mass is 10.3. The average molecular weight is 242 g/mol. The van der Waals surface area contributed by atoms with Crippen molar-refractivity contribution >= 4 is 11.5 Å². The summed E-state index contributed by atoms with van der Waals surface area (Å²) in [5, 5.41) is 6.57. The van der Waals surface area contributed by atoms with Crippen LogP contribution >= 0.6 is 0 Å². The summed E-state index contributed by atoms with van der Waals surface area (Å²) in [5.74, 6) is -4.02. The fourth-order valence-electron chi connectivity index (χ4n) is 1.38. The lowest BCUT2D eigenvalue weighted by Gasteiger charge is -2.05. The Balaban J connectivity index is 2.36. The Bertz CT molecular complexity index is 565. The molecule has 0 fully saturated rings. The van der Waals surface area contributed by atoms with Gasteiger partial charge in [0.25, 0.3) is 5.95 Å². The van der Waals surface area contributed by atoms with Crippen LogP contribution in [0, 0.1) is 24.5 Å². The molecule has 90 valence electrons. The van der Waals surface area contributed by atoms with E-state index in [1.807, 2.05) is 0 Å². The number of aromatic nitrogens is 3. The van der Waals surface area contributed by atoms with Gasteiger partial charge >= 0.3 is 0 Å². The van der Waals surface area contributed by atoms with E-state index in [1.54, 1.807) is 20.2 Å². The predicted molar refractivity (Wildman–Crippen MR) is 55.3 cm³/mol. The highest BCUT2D eigenvalue weighted by Gasteiger charge is 2.13. The van der Waals surface area contributed by atoms with Crippen molar-refractivity contribution in [2.24, 2.45) is 7.05 Å². The third kappa shape index (κ3) is 2.22. The Hall–Kier alpha value is -2.05. The van der Waals surface area contributed by atoms with Crippen LogP contribution in [0.4, 0.5) is 24.7 Å². The summed E-state index contributed by atoms with van der Waals surface area (Å²) in [6, 6.07) is 0.441. The highest BCUT2D eigenvalue weighted by atomic mass is 19.2. The fourth-order valence-corrected chi connectivity index (χ4v) is 1.38. The molecule has 2 aromatic rings. The molecule has 7 heteroatoms. The molecule has 0 aliphatic rings. The van der Waals surface area contributed by atoms with Crippen LogP contribution in [0.5, 0.6) is 0 Å². The van der Waals surface area contributed by atoms with Crippen molar-refractivity contribution < 1.29 is 13.2 Å². The second kappa shape index (κ2) is 4.08. The van der Waals surface area contributed by atoms with E-state index in [0.29, 0.717) is 17.4 Å². The van der Waals surface area contributed by atoms with Gasteiger partial charge in [-0.1, -0.05) is 0 Å². The Morgan fingerprint density at radius 1 is 1.24 bits per heavy atom. The zero-order valence-electron chi connectivity index (χ0n) is 9.13. The van der Waals surface area contributed by atoms with Crippen LogP contribution in [0.1, 0.15) is 5.69 Å². The van der Waals surface area contributed by atoms with Crippen molar-refractivity contribution in [1.29, 1.82) is 0 Å². The number of halogens is 3. The largest absolute Gasteiger partial charge is 0.335 e. The zero-order valence-corrected chi connectivity index (χ0v) is 9.13. The first-order chi connectivity index (χ1) is 7.97. The molecular weight excluding hydrogens is 233 g/mol. The van der Waals surface area contributed by atoms with Crippen LogP contribution in [0.3, 0.4) is 0 Å². The van der Waals surface area contributed by atoms with Crippen LogP contribution in [0.2, 0.25) is 0 Å². The molecule has 0 saturated heterocycles. The van der Waals surface area contributed by atoms with E-state index < -0.39 is 17.6 Å². The van der Waals surface area contributed by atoms with E-state index in [-0.39, 0.29) is 5.82 Å². The summed E-state index contributed by atoms with van der Waals surface area (Å²) >= 11 is 0. The molecule has 0 spiro atoms. The monoisotopic (exact) mass is 242 g/mol. The highest BCUT2D eigenvalue weighted by molar-refractivity contribution is 5.57. The van der Waals surface area contributed by atoms with Crippen molar-refractivity contribution in [2.45, 2.75) is 6.92 Å². The third-order valence-corrected chi connectivity index (χ3v) is 2.15. The second-order valence-corrected chi connectivity index (χ2v) is 3.52. The van der Waals surface area contributed by atoms with Crippen molar-refractivity contribution in [3.63, 3.8) is 0 Å². The Morgan fingerprint density at radius 2 is 1.94 bits per heavy atom. The lowest BCUT2D eigenvalue weighted by Crippen LogP contribution is -2.01. The first kappa shape index (κ1) is 11.4. The minimum Gasteiger partial charge on any atom is -0.335 e. The zero-order chi connectivity index (χ0) is 12.6. The molecule has 2 rings (SSSR count). The molecule has 0 bridgehead atoms. The minimum absolute atomic E-state index is 0.375. The van der Waals surface area contributed by atoms with Gasteiger partial charge in [-0.3, -0.25) is 4.68 Å². The van der Waals surface area contributed by atoms with Crippen molar-refractivity contribution in [2.75, 3.05) is 5.32 Å². The number of nitrogens with one attached hydrogen (secondary N) is 1. The van der Waals surface area contributed by atoms with E-state index in [4.69, 9.17) is 0 Å². The van der Waals surface area contributed by atoms with Gasteiger partial charge in [-0.25, -0.2) is 8.78 Å². The molecule has 17 heavy (non-hydrogen) atoms. The minimum atomic E-state index is -1.35. The summed E-state index contributed by atoms with van der Waals surface area (Å²) in [6.07, 6.45) is 1.58. The molecule has 0 aliphatic heterocycles. The van der Waals surface area contributed by atoms with Gasteiger partial charge in [0.2, 0.25) is 0 Å². The first-order valence-corrected chi connectivity index (χ1v) is 4.76. The smallest absolute Gasteiger partial charge is 0.251 e. The molecule has 0 amide bonds. The molecule has 2 heterocycles. The maximum Gasteiger partial charge on any atom is 0.251 e. The Morgan fingerprint density at radius 3 is 2.53 bits per heavy atom. The number of anilines is 2. The van der Waals surface area contributed by atoms with E-state index in [1.165, 1.54) is 4.68 Å². The van der Waals surface area contributed by atoms with Crippen LogP contribution in [-0.4, -0.2) is 14.8 Å². The van der Waals surface area contributed by atoms with Crippen molar-refractivity contribution in [3.8, 4) is 0 Å². The number of pyridine rings is 1. The molecule has 0 aromatic carbocycles. The average Bonchev–Trinajstić information content (AvgIpc) is 2.54. The summed E-state index contributed by atoms with van der Waals surface area (Å²) < 4.78 is 40.3. The summed E-state index contributed by atoms with van der Waals surface area (Å²) in [6.45, 7) is 1.69. The van der Waals surface area contributed by atoms with Gasteiger partial charge < -0.3 is 5.32 Å². The first-order valence-electron chi connectivity index (χ1n) is 4.76. The normalized spacial score (nSPS) is 10.6. The third-order valence-electron chi connectivity index (χ3n) is 2.15. The second-order valence-electron chi connectivity index (χ2n) is 3.52. The molecule has 0 radical (unpaired) electrons. The summed E-state index contributed by atoms with van der Waals surface area (Å²) in [5.41, 5.74) is 1.07. The molecular formula is C10H9F3N4. The standard InChI is InChI=1S/C10H9F3N4/c1-5-8(4-17(2)16-5)14-10-7(12)3-6(11)9(13)15-10/h3-4H,1-2H3,(H,14,15). The molecule has 2 aromatic heterocycles. The number of aryl methyl sites for hydroxylation is 2. The van der Waals surface area contributed by atoms with Crippen molar-refractivity contribution in [1.82, 2.24) is 14.8 Å². The molecule has 0 atom stereocenters. The van der Waals surface area contributed by atoms with Gasteiger partial charge in [-0.15, -0.1) is 0 Å². The molecule has 0 unspecified atom stereocenters. The topological polar surface area (TPSA) is 42.7 Å². The maximum atomic E-state index is 13.3. The van der Waals surface area contributed by atoms with Crippen LogP contribution in [-0.2, 0) is 7.05 Å². The van der Waals surface area contributed by atoms with Gasteiger partial charge in [-0.2, -0.15) is 14.5 Å². The van der Waals surface area contributed by atoms with Crippen LogP contribution < -0.4 is 5.32 Å². The molecule has 4 nitrogen and oxygen atoms in total. The van der Waals surface area contributed by atoms with Crippen molar-refractivity contribution in [3.05, 3.63) is 35.5 Å². The maximum absolute atomic E-state index is 13.3. The molecule has 0 saturated carbocycles. The quantitative estimate of drug-likeness (QED) is 0.821. The number of hydrogen-bond donors (Lipinski definition) is 1. The van der Waals surface area contributed by atoms with E-state index >= 15 is 0 Å². The molecule has 1 N–H and O–H groups in total. The van der Waals surface area contributed by atoms with E-state index in [9.17, 15) is 13.2 Å². The fraction of sp³-hybridized carbons (Fsp3) is 0.200. The summed E-state index contributed by atoms with van der Waals surface area (Å²) in [7, 11) is 1.69. The Kier molecular flexibility index (Phi) is 2.74.